The molecule has 7 heteroatoms. The molecule has 1 aliphatic rings. The summed E-state index contributed by atoms with van der Waals surface area (Å²) in [6.45, 7) is 3.91. The maximum Gasteiger partial charge on any atom is 0.290 e. The Morgan fingerprint density at radius 3 is 2.59 bits per heavy atom. The first-order valence-corrected chi connectivity index (χ1v) is 10.1. The molecule has 0 saturated heterocycles. The van der Waals surface area contributed by atoms with E-state index >= 15 is 0 Å². The molecule has 0 spiro atoms. The van der Waals surface area contributed by atoms with Gasteiger partial charge in [-0.25, -0.2) is 4.98 Å². The van der Waals surface area contributed by atoms with Crippen LogP contribution in [-0.2, 0) is 11.2 Å². The molecule has 1 N–H and O–H groups in total. The van der Waals surface area contributed by atoms with Gasteiger partial charge in [-0.3, -0.25) is 9.59 Å². The topological polar surface area (TPSA) is 83.6 Å². The summed E-state index contributed by atoms with van der Waals surface area (Å²) in [5, 5.41) is 11.4. The number of rotatable bonds is 6. The van der Waals surface area contributed by atoms with E-state index in [9.17, 15) is 14.7 Å². The quantitative estimate of drug-likeness (QED) is 0.619. The van der Waals surface area contributed by atoms with Gasteiger partial charge in [-0.1, -0.05) is 30.3 Å². The first kappa shape index (κ1) is 19.1. The fraction of sp³-hybridized carbons (Fsp3) is 0.227. The lowest BCUT2D eigenvalue weighted by atomic mass is 9.99. The average Bonchev–Trinajstić information content (AvgIpc) is 3.41. The maximum absolute atomic E-state index is 13.3. The Morgan fingerprint density at radius 2 is 1.97 bits per heavy atom. The average molecular weight is 408 g/mol. The Hall–Kier alpha value is -3.19. The third-order valence-electron chi connectivity index (χ3n) is 4.95. The van der Waals surface area contributed by atoms with Crippen LogP contribution < -0.4 is 0 Å². The second kappa shape index (κ2) is 7.67. The molecule has 0 fully saturated rings. The molecular formula is C22H20N2O4S. The van der Waals surface area contributed by atoms with Gasteiger partial charge in [-0.05, 0) is 38.0 Å². The van der Waals surface area contributed by atoms with Gasteiger partial charge in [0.1, 0.15) is 11.8 Å². The fourth-order valence-corrected chi connectivity index (χ4v) is 4.49. The van der Waals surface area contributed by atoms with E-state index in [0.717, 1.165) is 10.6 Å². The molecule has 0 aliphatic carbocycles. The third kappa shape index (κ3) is 3.49. The Morgan fingerprint density at radius 1 is 1.21 bits per heavy atom. The maximum atomic E-state index is 13.3. The second-order valence-corrected chi connectivity index (χ2v) is 8.09. The molecule has 6 nitrogen and oxygen atoms in total. The molecule has 0 bridgehead atoms. The molecule has 1 aromatic carbocycles. The van der Waals surface area contributed by atoms with Crippen LogP contribution >= 0.6 is 11.3 Å². The number of carbonyl (C=O) groups excluding carboxylic acids is 2. The molecule has 1 aliphatic heterocycles. The minimum Gasteiger partial charge on any atom is -0.503 e. The number of amides is 1. The Kier molecular flexibility index (Phi) is 5.07. The standard InChI is InChI=1S/C22H20N2O4S/c1-13-21(29-14(2)23-13)19(25)17-18(16-9-6-12-28-16)24(22(27)20(17)26)11-10-15-7-4-3-5-8-15/h3-9,12,18,26H,10-11H2,1-2H3. The number of aliphatic hydroxyl groups excluding tert-OH is 1. The van der Waals surface area contributed by atoms with Crippen LogP contribution in [0.1, 0.15) is 37.7 Å². The van der Waals surface area contributed by atoms with E-state index in [0.29, 0.717) is 29.3 Å². The van der Waals surface area contributed by atoms with E-state index in [1.165, 1.54) is 22.5 Å². The van der Waals surface area contributed by atoms with Gasteiger partial charge in [0.15, 0.2) is 5.76 Å². The molecule has 4 rings (SSSR count). The summed E-state index contributed by atoms with van der Waals surface area (Å²) < 4.78 is 5.54. The van der Waals surface area contributed by atoms with Crippen molar-refractivity contribution in [2.75, 3.05) is 6.54 Å². The van der Waals surface area contributed by atoms with Gasteiger partial charge in [-0.15, -0.1) is 11.3 Å². The van der Waals surface area contributed by atoms with Gasteiger partial charge in [-0.2, -0.15) is 0 Å². The van der Waals surface area contributed by atoms with Crippen molar-refractivity contribution in [1.82, 2.24) is 9.88 Å². The highest BCUT2D eigenvalue weighted by molar-refractivity contribution is 7.14. The molecule has 2 aromatic heterocycles. The molecule has 1 unspecified atom stereocenters. The number of thiazole rings is 1. The largest absolute Gasteiger partial charge is 0.503 e. The first-order valence-electron chi connectivity index (χ1n) is 9.27. The number of aryl methyl sites for hydroxylation is 2. The first-order chi connectivity index (χ1) is 14.0. The summed E-state index contributed by atoms with van der Waals surface area (Å²) in [6, 6.07) is 12.4. The zero-order valence-corrected chi connectivity index (χ0v) is 16.9. The zero-order valence-electron chi connectivity index (χ0n) is 16.1. The van der Waals surface area contributed by atoms with E-state index in [1.807, 2.05) is 37.3 Å². The van der Waals surface area contributed by atoms with Crippen molar-refractivity contribution in [3.05, 3.63) is 87.0 Å². The molecule has 148 valence electrons. The van der Waals surface area contributed by atoms with Crippen molar-refractivity contribution >= 4 is 23.0 Å². The highest BCUT2D eigenvalue weighted by Gasteiger charge is 2.45. The van der Waals surface area contributed by atoms with E-state index in [1.54, 1.807) is 19.1 Å². The van der Waals surface area contributed by atoms with Crippen LogP contribution in [0.3, 0.4) is 0 Å². The SMILES string of the molecule is Cc1nc(C)c(C(=O)C2=C(O)C(=O)N(CCc3ccccc3)C2c2ccco2)s1. The molecular weight excluding hydrogens is 388 g/mol. The summed E-state index contributed by atoms with van der Waals surface area (Å²) in [4.78, 5) is 32.4. The lowest BCUT2D eigenvalue weighted by molar-refractivity contribution is -0.129. The third-order valence-corrected chi connectivity index (χ3v) is 6.03. The van der Waals surface area contributed by atoms with Crippen LogP contribution in [-0.4, -0.2) is 33.2 Å². The van der Waals surface area contributed by atoms with Crippen molar-refractivity contribution in [3.63, 3.8) is 0 Å². The van der Waals surface area contributed by atoms with Gasteiger partial charge in [0.25, 0.3) is 5.91 Å². The predicted octanol–water partition coefficient (Wildman–Crippen LogP) is 4.17. The Labute approximate surface area is 172 Å². The molecule has 0 saturated carbocycles. The van der Waals surface area contributed by atoms with Crippen molar-refractivity contribution in [3.8, 4) is 0 Å². The van der Waals surface area contributed by atoms with Crippen molar-refractivity contribution in [1.29, 1.82) is 0 Å². The number of furan rings is 1. The van der Waals surface area contributed by atoms with Gasteiger partial charge < -0.3 is 14.4 Å². The van der Waals surface area contributed by atoms with Gasteiger partial charge in [0.2, 0.25) is 5.78 Å². The Bertz CT molecular complexity index is 1080. The summed E-state index contributed by atoms with van der Waals surface area (Å²) in [5.41, 5.74) is 1.70. The number of aliphatic hydroxyl groups is 1. The molecule has 1 atom stereocenters. The number of carbonyl (C=O) groups is 2. The van der Waals surface area contributed by atoms with Crippen LogP contribution in [0.5, 0.6) is 0 Å². The summed E-state index contributed by atoms with van der Waals surface area (Å²) in [6.07, 6.45) is 2.09. The number of nitrogens with zero attached hydrogens (tertiary/aromatic N) is 2. The minimum absolute atomic E-state index is 0.0461. The normalized spacial score (nSPS) is 16.7. The highest BCUT2D eigenvalue weighted by atomic mass is 32.1. The zero-order chi connectivity index (χ0) is 20.5. The molecule has 3 aromatic rings. The number of benzene rings is 1. The lowest BCUT2D eigenvalue weighted by Gasteiger charge is -2.24. The van der Waals surface area contributed by atoms with Gasteiger partial charge in [0.05, 0.1) is 27.4 Å². The second-order valence-electron chi connectivity index (χ2n) is 6.89. The van der Waals surface area contributed by atoms with Crippen LogP contribution in [0.25, 0.3) is 0 Å². The minimum atomic E-state index is -0.768. The van der Waals surface area contributed by atoms with Gasteiger partial charge in [0, 0.05) is 6.54 Å². The molecule has 29 heavy (non-hydrogen) atoms. The van der Waals surface area contributed by atoms with Crippen molar-refractivity contribution < 1.29 is 19.1 Å². The Balaban J connectivity index is 1.70. The van der Waals surface area contributed by atoms with Gasteiger partial charge >= 0.3 is 0 Å². The van der Waals surface area contributed by atoms with Crippen LogP contribution in [0.15, 0.2) is 64.5 Å². The van der Waals surface area contributed by atoms with Crippen molar-refractivity contribution in [2.24, 2.45) is 0 Å². The fourth-order valence-electron chi connectivity index (χ4n) is 3.62. The number of ketones is 1. The molecule has 0 radical (unpaired) electrons. The van der Waals surface area contributed by atoms with Crippen molar-refractivity contribution in [2.45, 2.75) is 26.3 Å². The van der Waals surface area contributed by atoms with E-state index in [4.69, 9.17) is 4.42 Å². The summed E-state index contributed by atoms with van der Waals surface area (Å²) in [7, 11) is 0. The lowest BCUT2D eigenvalue weighted by Crippen LogP contribution is -2.32. The molecule has 1 amide bonds. The van der Waals surface area contributed by atoms with Crippen LogP contribution in [0, 0.1) is 13.8 Å². The number of aromatic nitrogens is 1. The number of hydrogen-bond donors (Lipinski definition) is 1. The van der Waals surface area contributed by atoms with E-state index in [-0.39, 0.29) is 11.4 Å². The number of hydrogen-bond acceptors (Lipinski definition) is 6. The molecule has 3 heterocycles. The highest BCUT2D eigenvalue weighted by Crippen LogP contribution is 2.40. The smallest absolute Gasteiger partial charge is 0.290 e. The van der Waals surface area contributed by atoms with Crippen LogP contribution in [0.4, 0.5) is 0 Å². The van der Waals surface area contributed by atoms with Crippen LogP contribution in [0.2, 0.25) is 0 Å². The van der Waals surface area contributed by atoms with E-state index in [2.05, 4.69) is 4.98 Å². The van der Waals surface area contributed by atoms with E-state index < -0.39 is 17.7 Å². The monoisotopic (exact) mass is 408 g/mol. The number of Topliss-reactive ketones (excluding diaryl/α,β-unsaturated/α-hetero) is 1. The summed E-state index contributed by atoms with van der Waals surface area (Å²) in [5.74, 6) is -1.03. The predicted molar refractivity (Wildman–Crippen MR) is 109 cm³/mol. The summed E-state index contributed by atoms with van der Waals surface area (Å²) >= 11 is 1.26.